The number of benzene rings is 2. The third kappa shape index (κ3) is 4.50. The summed E-state index contributed by atoms with van der Waals surface area (Å²) in [5.74, 6) is -6.19. The summed E-state index contributed by atoms with van der Waals surface area (Å²) in [5.41, 5.74) is 2.64. The lowest BCUT2D eigenvalue weighted by molar-refractivity contribution is -0.140. The van der Waals surface area contributed by atoms with E-state index < -0.39 is 71.3 Å². The lowest BCUT2D eigenvalue weighted by Gasteiger charge is -2.49. The quantitative estimate of drug-likeness (QED) is 0.271. The first kappa shape index (κ1) is 31.9. The highest BCUT2D eigenvalue weighted by Crippen LogP contribution is 2.64. The predicted octanol–water partition coefficient (Wildman–Crippen LogP) is 4.84. The summed E-state index contributed by atoms with van der Waals surface area (Å²) >= 11 is 12.6. The number of anilines is 1. The van der Waals surface area contributed by atoms with Gasteiger partial charge in [0.2, 0.25) is 11.8 Å². The Labute approximate surface area is 284 Å². The Kier molecular flexibility index (Phi) is 7.85. The molecule has 3 fully saturated rings. The fourth-order valence-corrected chi connectivity index (χ4v) is 8.51. The van der Waals surface area contributed by atoms with Crippen LogP contribution in [0, 0.1) is 23.7 Å². The van der Waals surface area contributed by atoms with Crippen molar-refractivity contribution in [2.75, 3.05) is 19.6 Å². The number of imide groups is 4. The molecule has 3 aromatic rings. The zero-order valence-electron chi connectivity index (χ0n) is 25.6. The fourth-order valence-electron chi connectivity index (χ4n) is 8.06. The lowest BCUT2D eigenvalue weighted by atomic mass is 9.50. The van der Waals surface area contributed by atoms with E-state index in [-0.39, 0.29) is 35.1 Å². The Morgan fingerprint density at radius 3 is 2.40 bits per heavy atom. The summed E-state index contributed by atoms with van der Waals surface area (Å²) in [6.07, 6.45) is 0.831. The number of carbonyl (C=O) groups is 5. The van der Waals surface area contributed by atoms with E-state index in [0.717, 1.165) is 12.1 Å². The number of hydrogen-bond donors (Lipinski definition) is 2. The van der Waals surface area contributed by atoms with Gasteiger partial charge in [0.05, 0.1) is 48.6 Å². The summed E-state index contributed by atoms with van der Waals surface area (Å²) in [4.78, 5) is 70.0. The SMILES string of the molecule is COC(=O)N1C(=O)[C@H]2[C@H](CC=C3[C@H]2C[C@H]2C(=O)N(Nc4ccc(Cl)cc4Cl)C(=O)[C@@]2(c2ccc(OC)cc2)[C@H]3c2ccc(CO)o2)C1=O. The molecule has 0 bridgehead atoms. The normalized spacial score (nSPS) is 27.8. The van der Waals surface area contributed by atoms with E-state index >= 15 is 4.79 Å². The lowest BCUT2D eigenvalue weighted by Crippen LogP contribution is -2.53. The van der Waals surface area contributed by atoms with Crippen molar-refractivity contribution in [2.24, 2.45) is 23.7 Å². The fraction of sp³-hybridized carbons (Fsp3) is 0.324. The Hall–Kier alpha value is -4.65. The van der Waals surface area contributed by atoms with Crippen molar-refractivity contribution >= 4 is 58.6 Å². The molecule has 1 aromatic heterocycles. The maximum Gasteiger partial charge on any atom is 0.423 e. The molecule has 4 aliphatic rings. The van der Waals surface area contributed by atoms with E-state index in [1.165, 1.54) is 13.2 Å². The minimum absolute atomic E-state index is 0.00572. The number of nitrogens with one attached hydrogen (secondary N) is 1. The van der Waals surface area contributed by atoms with Crippen LogP contribution in [0.5, 0.6) is 5.75 Å². The Morgan fingerprint density at radius 1 is 1.00 bits per heavy atom. The molecular weight excluding hydrogens is 665 g/mol. The molecule has 2 saturated heterocycles. The Morgan fingerprint density at radius 2 is 1.75 bits per heavy atom. The number of carbonyl (C=O) groups excluding carboxylic acids is 5. The molecule has 2 N–H and O–H groups in total. The summed E-state index contributed by atoms with van der Waals surface area (Å²) in [6, 6.07) is 14.6. The molecule has 0 unspecified atom stereocenters. The molecule has 2 aliphatic carbocycles. The standard InChI is InChI=1S/C34H29Cl2N3O9/c1-46-18-6-3-16(4-7-18)34-23(30(42)39(32(34)44)37-25-11-5-17(35)13-24(25)36)14-22-20(28(34)26-12-8-19(15-40)48-26)9-10-21-27(22)31(43)38(29(21)41)33(45)47-2/h3-9,11-13,21-23,27-28,37,40H,10,14-15H2,1-2H3/t21-,22+,23-,27-,28+,34+/m0/s1. The number of methoxy groups -OCH3 is 2. The van der Waals surface area contributed by atoms with Gasteiger partial charge >= 0.3 is 6.09 Å². The molecule has 48 heavy (non-hydrogen) atoms. The highest BCUT2D eigenvalue weighted by atomic mass is 35.5. The summed E-state index contributed by atoms with van der Waals surface area (Å²) in [6.45, 7) is -0.421. The van der Waals surface area contributed by atoms with Gasteiger partial charge in [0.1, 0.15) is 29.3 Å². The monoisotopic (exact) mass is 693 g/mol. The zero-order valence-corrected chi connectivity index (χ0v) is 27.2. The number of amides is 5. The molecule has 3 heterocycles. The predicted molar refractivity (Wildman–Crippen MR) is 170 cm³/mol. The maximum absolute atomic E-state index is 15.1. The second-order valence-electron chi connectivity index (χ2n) is 12.2. The number of halogens is 2. The summed E-state index contributed by atoms with van der Waals surface area (Å²) < 4.78 is 16.3. The summed E-state index contributed by atoms with van der Waals surface area (Å²) in [7, 11) is 2.59. The van der Waals surface area contributed by atoms with Crippen LogP contribution in [0.15, 0.2) is 70.7 Å². The molecule has 1 saturated carbocycles. The van der Waals surface area contributed by atoms with Gasteiger partial charge in [0, 0.05) is 5.02 Å². The van der Waals surface area contributed by atoms with Crippen molar-refractivity contribution in [2.45, 2.75) is 30.8 Å². The van der Waals surface area contributed by atoms with E-state index in [4.69, 9.17) is 37.1 Å². The number of hydrazine groups is 1. The molecule has 0 radical (unpaired) electrons. The van der Waals surface area contributed by atoms with Gasteiger partial charge in [-0.05, 0) is 66.8 Å². The molecule has 2 aromatic carbocycles. The number of furan rings is 1. The minimum Gasteiger partial charge on any atom is -0.497 e. The Balaban J connectivity index is 1.44. The van der Waals surface area contributed by atoms with Crippen LogP contribution >= 0.6 is 23.2 Å². The van der Waals surface area contributed by atoms with E-state index in [0.29, 0.717) is 26.8 Å². The van der Waals surface area contributed by atoms with Crippen LogP contribution in [0.4, 0.5) is 10.5 Å². The van der Waals surface area contributed by atoms with E-state index in [1.807, 2.05) is 6.08 Å². The topological polar surface area (TPSA) is 156 Å². The van der Waals surface area contributed by atoms with Gasteiger partial charge in [0.15, 0.2) is 0 Å². The van der Waals surface area contributed by atoms with Crippen LogP contribution in [0.25, 0.3) is 0 Å². The Bertz CT molecular complexity index is 1910. The molecule has 12 nitrogen and oxygen atoms in total. The number of hydrogen-bond acceptors (Lipinski definition) is 10. The van der Waals surface area contributed by atoms with Crippen LogP contribution in [0.2, 0.25) is 10.0 Å². The van der Waals surface area contributed by atoms with Gasteiger partial charge in [0.25, 0.3) is 11.8 Å². The summed E-state index contributed by atoms with van der Waals surface area (Å²) in [5, 5.41) is 11.4. The van der Waals surface area contributed by atoms with Crippen molar-refractivity contribution in [1.29, 1.82) is 0 Å². The molecule has 248 valence electrons. The molecule has 5 amide bonds. The first-order chi connectivity index (χ1) is 23.1. The number of aliphatic hydroxyl groups excluding tert-OH is 1. The number of aliphatic hydroxyl groups is 1. The second kappa shape index (κ2) is 11.8. The zero-order chi connectivity index (χ0) is 34.1. The third-order valence-electron chi connectivity index (χ3n) is 10.1. The largest absolute Gasteiger partial charge is 0.497 e. The van der Waals surface area contributed by atoms with Crippen molar-refractivity contribution in [1.82, 2.24) is 9.91 Å². The number of ether oxygens (including phenoxy) is 2. The van der Waals surface area contributed by atoms with Crippen LogP contribution in [-0.2, 0) is 35.9 Å². The van der Waals surface area contributed by atoms with Crippen LogP contribution < -0.4 is 10.2 Å². The number of fused-ring (bicyclic) bond motifs is 4. The van der Waals surface area contributed by atoms with Crippen molar-refractivity contribution < 1.29 is 43.0 Å². The average molecular weight is 695 g/mol. The molecule has 14 heteroatoms. The van der Waals surface area contributed by atoms with E-state index in [2.05, 4.69) is 5.43 Å². The number of allylic oxidation sites excluding steroid dienone is 2. The minimum atomic E-state index is -1.62. The number of nitrogens with zero attached hydrogens (tertiary/aromatic N) is 2. The first-order valence-corrected chi connectivity index (χ1v) is 15.9. The van der Waals surface area contributed by atoms with Crippen molar-refractivity contribution in [3.63, 3.8) is 0 Å². The molecular formula is C34H29Cl2N3O9. The van der Waals surface area contributed by atoms with Gasteiger partial charge in [-0.25, -0.2) is 4.79 Å². The number of rotatable bonds is 6. The van der Waals surface area contributed by atoms with Gasteiger partial charge < -0.3 is 19.0 Å². The molecule has 2 aliphatic heterocycles. The first-order valence-electron chi connectivity index (χ1n) is 15.2. The van der Waals surface area contributed by atoms with E-state index in [1.54, 1.807) is 48.5 Å². The van der Waals surface area contributed by atoms with Crippen LogP contribution in [0.1, 0.15) is 35.8 Å². The van der Waals surface area contributed by atoms with Gasteiger partial charge in [-0.3, -0.25) is 24.6 Å². The maximum atomic E-state index is 15.1. The second-order valence-corrected chi connectivity index (χ2v) is 13.0. The van der Waals surface area contributed by atoms with Crippen LogP contribution in [0.3, 0.4) is 0 Å². The number of likely N-dealkylation sites (tertiary alicyclic amines) is 1. The van der Waals surface area contributed by atoms with E-state index in [9.17, 15) is 24.3 Å². The van der Waals surface area contributed by atoms with Crippen molar-refractivity contribution in [3.8, 4) is 5.75 Å². The van der Waals surface area contributed by atoms with Crippen LogP contribution in [-0.4, -0.2) is 59.0 Å². The highest BCUT2D eigenvalue weighted by molar-refractivity contribution is 6.36. The molecule has 0 spiro atoms. The van der Waals surface area contributed by atoms with Gasteiger partial charge in [-0.15, -0.1) is 0 Å². The molecule has 6 atom stereocenters. The molecule has 7 rings (SSSR count). The van der Waals surface area contributed by atoms with Crippen molar-refractivity contribution in [3.05, 3.63) is 93.4 Å². The highest BCUT2D eigenvalue weighted by Gasteiger charge is 2.71. The smallest absolute Gasteiger partial charge is 0.423 e. The average Bonchev–Trinajstić information content (AvgIpc) is 3.73. The van der Waals surface area contributed by atoms with Gasteiger partial charge in [-0.2, -0.15) is 9.91 Å². The third-order valence-corrected chi connectivity index (χ3v) is 10.6. The van der Waals surface area contributed by atoms with Gasteiger partial charge in [-0.1, -0.05) is 47.0 Å².